The standard InChI is InChI=1S/C35H43N5O5/c1-33(2,3)45-32(43)37-19-20-40(29(22-37)27-13-8-5-9-14-27)31(42)38-18-17-35(44,34(23-38)15-10-16-34)24-39-25-36-28(21-30(39)41)26-11-6-4-7-12-26/h4-9,11-14,21,25,29,44H,10,15-20,22-24H2,1-3H3/t29-,35?/m0/s1. The highest BCUT2D eigenvalue weighted by molar-refractivity contribution is 5.76. The first kappa shape index (κ1) is 30.8. The fourth-order valence-electron chi connectivity index (χ4n) is 7.05. The number of benzene rings is 2. The van der Waals surface area contributed by atoms with Gasteiger partial charge in [-0.3, -0.25) is 9.36 Å². The van der Waals surface area contributed by atoms with E-state index in [0.29, 0.717) is 44.8 Å². The third kappa shape index (κ3) is 6.20. The molecular weight excluding hydrogens is 570 g/mol. The zero-order valence-electron chi connectivity index (χ0n) is 26.4. The van der Waals surface area contributed by atoms with E-state index in [4.69, 9.17) is 4.74 Å². The van der Waals surface area contributed by atoms with Crippen molar-refractivity contribution in [2.24, 2.45) is 5.41 Å². The lowest BCUT2D eigenvalue weighted by Gasteiger charge is -2.59. The Morgan fingerprint density at radius 1 is 0.956 bits per heavy atom. The van der Waals surface area contributed by atoms with Gasteiger partial charge in [0.05, 0.1) is 30.2 Å². The van der Waals surface area contributed by atoms with Gasteiger partial charge < -0.3 is 24.5 Å². The number of piperazine rings is 1. The predicted molar refractivity (Wildman–Crippen MR) is 170 cm³/mol. The summed E-state index contributed by atoms with van der Waals surface area (Å²) in [5, 5.41) is 12.1. The quantitative estimate of drug-likeness (QED) is 0.447. The minimum atomic E-state index is -1.14. The van der Waals surface area contributed by atoms with Crippen molar-refractivity contribution in [2.45, 2.75) is 70.2 Å². The molecule has 2 atom stereocenters. The van der Waals surface area contributed by atoms with Crippen LogP contribution in [0.25, 0.3) is 11.3 Å². The third-order valence-corrected chi connectivity index (χ3v) is 9.70. The highest BCUT2D eigenvalue weighted by atomic mass is 16.6. The number of urea groups is 1. The fraction of sp³-hybridized carbons (Fsp3) is 0.486. The van der Waals surface area contributed by atoms with Gasteiger partial charge >= 0.3 is 12.1 Å². The first-order chi connectivity index (χ1) is 21.5. The number of carbonyl (C=O) groups is 2. The van der Waals surface area contributed by atoms with E-state index in [1.54, 1.807) is 4.90 Å². The number of hydrogen-bond acceptors (Lipinski definition) is 6. The molecule has 1 spiro atoms. The second-order valence-corrected chi connectivity index (χ2v) is 13.8. The van der Waals surface area contributed by atoms with Crippen LogP contribution in [-0.2, 0) is 11.3 Å². The van der Waals surface area contributed by atoms with Crippen LogP contribution in [0.4, 0.5) is 9.59 Å². The highest BCUT2D eigenvalue weighted by Crippen LogP contribution is 2.54. The largest absolute Gasteiger partial charge is 0.444 e. The number of rotatable bonds is 4. The van der Waals surface area contributed by atoms with Crippen molar-refractivity contribution in [3.63, 3.8) is 0 Å². The lowest BCUT2D eigenvalue weighted by Crippen LogP contribution is -2.67. The first-order valence-corrected chi connectivity index (χ1v) is 15.9. The van der Waals surface area contributed by atoms with Crippen molar-refractivity contribution in [2.75, 3.05) is 32.7 Å². The van der Waals surface area contributed by atoms with Crippen molar-refractivity contribution in [1.29, 1.82) is 0 Å². The summed E-state index contributed by atoms with van der Waals surface area (Å²) in [5.41, 5.74) is -0.0461. The molecular formula is C35H43N5O5. The van der Waals surface area contributed by atoms with Crippen LogP contribution in [0.15, 0.2) is 77.9 Å². The Morgan fingerprint density at radius 2 is 1.64 bits per heavy atom. The lowest BCUT2D eigenvalue weighted by atomic mass is 9.55. The van der Waals surface area contributed by atoms with Crippen LogP contribution in [-0.4, -0.2) is 85.4 Å². The Bertz CT molecular complexity index is 1580. The molecule has 3 amide bonds. The topological polar surface area (TPSA) is 108 Å². The average molecular weight is 614 g/mol. The average Bonchev–Trinajstić information content (AvgIpc) is 3.01. The highest BCUT2D eigenvalue weighted by Gasteiger charge is 2.58. The summed E-state index contributed by atoms with van der Waals surface area (Å²) in [6.45, 7) is 7.55. The van der Waals surface area contributed by atoms with Crippen LogP contribution in [0.5, 0.6) is 0 Å². The molecule has 2 saturated heterocycles. The molecule has 3 fully saturated rings. The van der Waals surface area contributed by atoms with Gasteiger partial charge in [0.25, 0.3) is 5.56 Å². The number of aliphatic hydroxyl groups is 1. The van der Waals surface area contributed by atoms with E-state index in [-0.39, 0.29) is 30.3 Å². The molecule has 3 aromatic rings. The molecule has 45 heavy (non-hydrogen) atoms. The minimum Gasteiger partial charge on any atom is -0.444 e. The smallest absolute Gasteiger partial charge is 0.410 e. The summed E-state index contributed by atoms with van der Waals surface area (Å²) in [7, 11) is 0. The van der Waals surface area contributed by atoms with E-state index in [1.165, 1.54) is 17.0 Å². The molecule has 2 aliphatic heterocycles. The molecule has 238 valence electrons. The number of hydrogen-bond donors (Lipinski definition) is 1. The molecule has 10 nitrogen and oxygen atoms in total. The monoisotopic (exact) mass is 613 g/mol. The maximum absolute atomic E-state index is 14.2. The Hall–Kier alpha value is -4.18. The summed E-state index contributed by atoms with van der Waals surface area (Å²) in [6, 6.07) is 20.5. The summed E-state index contributed by atoms with van der Waals surface area (Å²) in [6.07, 6.45) is 4.04. The van der Waals surface area contributed by atoms with Crippen LogP contribution >= 0.6 is 0 Å². The summed E-state index contributed by atoms with van der Waals surface area (Å²) in [4.78, 5) is 50.3. The van der Waals surface area contributed by atoms with E-state index in [0.717, 1.165) is 30.4 Å². The molecule has 1 aromatic heterocycles. The zero-order valence-corrected chi connectivity index (χ0v) is 26.4. The molecule has 10 heteroatoms. The predicted octanol–water partition coefficient (Wildman–Crippen LogP) is 4.93. The molecule has 0 bridgehead atoms. The van der Waals surface area contributed by atoms with E-state index in [9.17, 15) is 19.5 Å². The van der Waals surface area contributed by atoms with Crippen LogP contribution < -0.4 is 5.56 Å². The molecule has 0 radical (unpaired) electrons. The lowest BCUT2D eigenvalue weighted by molar-refractivity contribution is -0.174. The van der Waals surface area contributed by atoms with Crippen LogP contribution in [0.2, 0.25) is 0 Å². The number of piperidine rings is 1. The van der Waals surface area contributed by atoms with Gasteiger partial charge in [-0.25, -0.2) is 14.6 Å². The third-order valence-electron chi connectivity index (χ3n) is 9.70. The minimum absolute atomic E-state index is 0.0907. The van der Waals surface area contributed by atoms with Crippen molar-refractivity contribution in [3.05, 3.63) is 89.0 Å². The maximum atomic E-state index is 14.2. The molecule has 1 unspecified atom stereocenters. The second-order valence-electron chi connectivity index (χ2n) is 13.8. The van der Waals surface area contributed by atoms with Gasteiger partial charge in [-0.2, -0.15) is 0 Å². The van der Waals surface area contributed by atoms with Gasteiger partial charge in [-0.05, 0) is 45.6 Å². The maximum Gasteiger partial charge on any atom is 0.410 e. The molecule has 2 aromatic carbocycles. The van der Waals surface area contributed by atoms with Crippen LogP contribution in [0.1, 0.15) is 58.1 Å². The number of likely N-dealkylation sites (tertiary alicyclic amines) is 1. The van der Waals surface area contributed by atoms with Crippen LogP contribution in [0, 0.1) is 5.41 Å². The first-order valence-electron chi connectivity index (χ1n) is 15.9. The Morgan fingerprint density at radius 3 is 2.27 bits per heavy atom. The van der Waals surface area contributed by atoms with Gasteiger partial charge in [0, 0.05) is 49.8 Å². The van der Waals surface area contributed by atoms with Crippen molar-refractivity contribution < 1.29 is 19.4 Å². The van der Waals surface area contributed by atoms with E-state index >= 15 is 0 Å². The van der Waals surface area contributed by atoms with Crippen molar-refractivity contribution in [1.82, 2.24) is 24.3 Å². The molecule has 6 rings (SSSR count). The zero-order chi connectivity index (χ0) is 31.8. The Kier molecular flexibility index (Phi) is 8.20. The molecule has 3 heterocycles. The molecule has 1 aliphatic carbocycles. The molecule has 1 saturated carbocycles. The summed E-state index contributed by atoms with van der Waals surface area (Å²) in [5.74, 6) is 0. The second kappa shape index (κ2) is 12.0. The van der Waals surface area contributed by atoms with Crippen molar-refractivity contribution >= 4 is 12.1 Å². The van der Waals surface area contributed by atoms with Crippen LogP contribution in [0.3, 0.4) is 0 Å². The normalized spacial score (nSPS) is 23.0. The number of amides is 3. The van der Waals surface area contributed by atoms with Gasteiger partial charge in [0.1, 0.15) is 5.60 Å². The number of carbonyl (C=O) groups excluding carboxylic acids is 2. The number of ether oxygens (including phenoxy) is 1. The SMILES string of the molecule is CC(C)(C)OC(=O)N1CCN(C(=O)N2CCC(O)(Cn3cnc(-c4ccccc4)cc3=O)C3(CCC3)C2)[C@H](c2ccccc2)C1. The Balaban J connectivity index is 1.19. The van der Waals surface area contributed by atoms with Gasteiger partial charge in [-0.15, -0.1) is 0 Å². The van der Waals surface area contributed by atoms with E-state index < -0.39 is 16.6 Å². The Labute approximate surface area is 264 Å². The van der Waals surface area contributed by atoms with E-state index in [2.05, 4.69) is 4.98 Å². The van der Waals surface area contributed by atoms with Gasteiger partial charge in [0.2, 0.25) is 0 Å². The summed E-state index contributed by atoms with van der Waals surface area (Å²) >= 11 is 0. The molecule has 3 aliphatic rings. The fourth-order valence-corrected chi connectivity index (χ4v) is 7.05. The van der Waals surface area contributed by atoms with Crippen molar-refractivity contribution in [3.8, 4) is 11.3 Å². The molecule has 1 N–H and O–H groups in total. The number of nitrogens with zero attached hydrogens (tertiary/aromatic N) is 5. The van der Waals surface area contributed by atoms with Gasteiger partial charge in [-0.1, -0.05) is 67.1 Å². The van der Waals surface area contributed by atoms with E-state index in [1.807, 2.05) is 91.2 Å². The number of aromatic nitrogens is 2. The summed E-state index contributed by atoms with van der Waals surface area (Å²) < 4.78 is 7.15. The van der Waals surface area contributed by atoms with Gasteiger partial charge in [0.15, 0.2) is 0 Å².